The lowest BCUT2D eigenvalue weighted by Crippen LogP contribution is -2.44. The second-order valence-corrected chi connectivity index (χ2v) is 8.29. The minimum Gasteiger partial charge on any atom is -0.381 e. The van der Waals surface area contributed by atoms with Crippen LogP contribution in [0.1, 0.15) is 38.5 Å². The summed E-state index contributed by atoms with van der Waals surface area (Å²) < 4.78 is 20.1. The Morgan fingerprint density at radius 2 is 1.93 bits per heavy atom. The van der Waals surface area contributed by atoms with Crippen LogP contribution < -0.4 is 5.56 Å². The number of hydrogen-bond acceptors (Lipinski definition) is 4. The maximum Gasteiger partial charge on any atom is 0.266 e. The molecule has 1 saturated carbocycles. The quantitative estimate of drug-likeness (QED) is 0.755. The van der Waals surface area contributed by atoms with Gasteiger partial charge in [-0.15, -0.1) is 0 Å². The number of ether oxygens (including phenoxy) is 1. The van der Waals surface area contributed by atoms with Crippen molar-refractivity contribution in [3.8, 4) is 11.3 Å². The van der Waals surface area contributed by atoms with E-state index in [1.165, 1.54) is 22.9 Å². The standard InChI is InChI=1S/C23H28FN3O3/c1-30-20-6-2-4-17(14-20)23(29)26-13-3-5-19(26)15-27-22(28)12-11-21(25-27)16-7-9-18(24)10-8-16/h7-12,17,19-20H,2-6,13-15H2,1H3/t17-,19+,20-/m1/s1. The van der Waals surface area contributed by atoms with Gasteiger partial charge in [-0.05, 0) is 62.4 Å². The summed E-state index contributed by atoms with van der Waals surface area (Å²) in [6.45, 7) is 1.10. The van der Waals surface area contributed by atoms with Crippen LogP contribution in [0.15, 0.2) is 41.2 Å². The second-order valence-electron chi connectivity index (χ2n) is 8.29. The maximum absolute atomic E-state index is 13.2. The number of methoxy groups -OCH3 is 1. The molecule has 160 valence electrons. The first-order chi connectivity index (χ1) is 14.5. The van der Waals surface area contributed by atoms with Gasteiger partial charge in [-0.25, -0.2) is 9.07 Å². The van der Waals surface area contributed by atoms with Gasteiger partial charge in [0, 0.05) is 31.2 Å². The highest BCUT2D eigenvalue weighted by atomic mass is 19.1. The van der Waals surface area contributed by atoms with Crippen molar-refractivity contribution in [3.05, 3.63) is 52.6 Å². The van der Waals surface area contributed by atoms with Crippen LogP contribution in [0.25, 0.3) is 11.3 Å². The fourth-order valence-electron chi connectivity index (χ4n) is 4.69. The van der Waals surface area contributed by atoms with Gasteiger partial charge in [0.1, 0.15) is 5.82 Å². The first-order valence-electron chi connectivity index (χ1n) is 10.7. The van der Waals surface area contributed by atoms with Crippen molar-refractivity contribution >= 4 is 5.91 Å². The molecule has 6 nitrogen and oxygen atoms in total. The summed E-state index contributed by atoms with van der Waals surface area (Å²) in [6.07, 6.45) is 5.65. The lowest BCUT2D eigenvalue weighted by atomic mass is 9.86. The number of likely N-dealkylation sites (tertiary alicyclic amines) is 1. The smallest absolute Gasteiger partial charge is 0.266 e. The van der Waals surface area contributed by atoms with E-state index in [-0.39, 0.29) is 35.3 Å². The maximum atomic E-state index is 13.2. The Kier molecular flexibility index (Phi) is 6.27. The third-order valence-electron chi connectivity index (χ3n) is 6.36. The lowest BCUT2D eigenvalue weighted by molar-refractivity contribution is -0.139. The van der Waals surface area contributed by atoms with Gasteiger partial charge in [0.2, 0.25) is 5.91 Å². The molecule has 2 aromatic rings. The van der Waals surface area contributed by atoms with Gasteiger partial charge in [-0.3, -0.25) is 9.59 Å². The number of hydrogen-bond donors (Lipinski definition) is 0. The predicted molar refractivity (Wildman–Crippen MR) is 111 cm³/mol. The number of amides is 1. The van der Waals surface area contributed by atoms with Gasteiger partial charge in [-0.2, -0.15) is 5.10 Å². The largest absolute Gasteiger partial charge is 0.381 e. The van der Waals surface area contributed by atoms with Gasteiger partial charge >= 0.3 is 0 Å². The van der Waals surface area contributed by atoms with Crippen LogP contribution >= 0.6 is 0 Å². The molecule has 2 aliphatic rings. The molecule has 0 radical (unpaired) electrons. The van der Waals surface area contributed by atoms with Crippen molar-refractivity contribution in [2.45, 2.75) is 57.2 Å². The molecular weight excluding hydrogens is 385 g/mol. The van der Waals surface area contributed by atoms with Crippen molar-refractivity contribution in [1.29, 1.82) is 0 Å². The van der Waals surface area contributed by atoms with Crippen molar-refractivity contribution in [2.75, 3.05) is 13.7 Å². The van der Waals surface area contributed by atoms with Crippen LogP contribution in [0, 0.1) is 11.7 Å². The molecule has 0 N–H and O–H groups in total. The Morgan fingerprint density at radius 1 is 1.13 bits per heavy atom. The Hall–Kier alpha value is -2.54. The average molecular weight is 413 g/mol. The molecule has 4 rings (SSSR count). The summed E-state index contributed by atoms with van der Waals surface area (Å²) in [6, 6.07) is 9.14. The number of carbonyl (C=O) groups is 1. The minimum absolute atomic E-state index is 0.000435. The van der Waals surface area contributed by atoms with E-state index in [1.54, 1.807) is 25.3 Å². The zero-order valence-corrected chi connectivity index (χ0v) is 17.3. The van der Waals surface area contributed by atoms with E-state index in [1.807, 2.05) is 4.90 Å². The van der Waals surface area contributed by atoms with Crippen molar-refractivity contribution in [2.24, 2.45) is 5.92 Å². The molecule has 0 unspecified atom stereocenters. The average Bonchev–Trinajstić information content (AvgIpc) is 3.23. The van der Waals surface area contributed by atoms with Gasteiger partial charge in [-0.1, -0.05) is 6.42 Å². The second kappa shape index (κ2) is 9.08. The number of rotatable bonds is 5. The molecule has 1 amide bonds. The lowest BCUT2D eigenvalue weighted by Gasteiger charge is -2.33. The number of halogens is 1. The Labute approximate surface area is 175 Å². The third-order valence-corrected chi connectivity index (χ3v) is 6.36. The minimum atomic E-state index is -0.314. The zero-order valence-electron chi connectivity index (χ0n) is 17.3. The van der Waals surface area contributed by atoms with Crippen LogP contribution in [0.2, 0.25) is 0 Å². The van der Waals surface area contributed by atoms with E-state index < -0.39 is 0 Å². The molecular formula is C23H28FN3O3. The van der Waals surface area contributed by atoms with E-state index in [9.17, 15) is 14.0 Å². The van der Waals surface area contributed by atoms with Crippen LogP contribution in [0.3, 0.4) is 0 Å². The molecule has 0 spiro atoms. The number of aromatic nitrogens is 2. The van der Waals surface area contributed by atoms with E-state index in [0.717, 1.165) is 50.6 Å². The summed E-state index contributed by atoms with van der Waals surface area (Å²) in [5.41, 5.74) is 1.16. The third kappa shape index (κ3) is 4.46. The highest BCUT2D eigenvalue weighted by Gasteiger charge is 2.36. The van der Waals surface area contributed by atoms with Crippen LogP contribution in [0.5, 0.6) is 0 Å². The van der Waals surface area contributed by atoms with Crippen LogP contribution in [0.4, 0.5) is 4.39 Å². The Morgan fingerprint density at radius 3 is 2.70 bits per heavy atom. The van der Waals surface area contributed by atoms with Gasteiger partial charge in [0.05, 0.1) is 24.4 Å². The summed E-state index contributed by atoms with van der Waals surface area (Å²) in [5, 5.41) is 4.49. The molecule has 1 saturated heterocycles. The van der Waals surface area contributed by atoms with Crippen LogP contribution in [-0.4, -0.2) is 46.4 Å². The molecule has 30 heavy (non-hydrogen) atoms. The zero-order chi connectivity index (χ0) is 21.1. The highest BCUT2D eigenvalue weighted by Crippen LogP contribution is 2.30. The molecule has 3 atom stereocenters. The number of carbonyl (C=O) groups excluding carboxylic acids is 1. The molecule has 1 aliphatic heterocycles. The van der Waals surface area contributed by atoms with E-state index in [2.05, 4.69) is 5.10 Å². The van der Waals surface area contributed by atoms with Crippen molar-refractivity contribution in [1.82, 2.24) is 14.7 Å². The van der Waals surface area contributed by atoms with Gasteiger partial charge in [0.15, 0.2) is 0 Å². The summed E-state index contributed by atoms with van der Waals surface area (Å²) in [7, 11) is 1.71. The molecule has 7 heteroatoms. The van der Waals surface area contributed by atoms with Crippen molar-refractivity contribution in [3.63, 3.8) is 0 Å². The molecule has 1 aromatic carbocycles. The van der Waals surface area contributed by atoms with Gasteiger partial charge < -0.3 is 9.64 Å². The monoisotopic (exact) mass is 413 g/mol. The molecule has 2 heterocycles. The first kappa shape index (κ1) is 20.7. The summed E-state index contributed by atoms with van der Waals surface area (Å²) in [5.74, 6) is -0.132. The highest BCUT2D eigenvalue weighted by molar-refractivity contribution is 5.79. The molecule has 1 aliphatic carbocycles. The summed E-state index contributed by atoms with van der Waals surface area (Å²) in [4.78, 5) is 27.6. The predicted octanol–water partition coefficient (Wildman–Crippen LogP) is 3.25. The topological polar surface area (TPSA) is 64.4 Å². The fraction of sp³-hybridized carbons (Fsp3) is 0.522. The van der Waals surface area contributed by atoms with E-state index in [0.29, 0.717) is 12.2 Å². The molecule has 2 fully saturated rings. The SMILES string of the molecule is CO[C@@H]1CCC[C@@H](C(=O)N2CCC[C@H]2Cn2nc(-c3ccc(F)cc3)ccc2=O)C1. The van der Waals surface area contributed by atoms with Gasteiger partial charge in [0.25, 0.3) is 5.56 Å². The van der Waals surface area contributed by atoms with Crippen LogP contribution in [-0.2, 0) is 16.1 Å². The first-order valence-corrected chi connectivity index (χ1v) is 10.7. The molecule has 0 bridgehead atoms. The molecule has 1 aromatic heterocycles. The Bertz CT molecular complexity index is 943. The number of benzene rings is 1. The Balaban J connectivity index is 1.50. The summed E-state index contributed by atoms with van der Waals surface area (Å²) >= 11 is 0. The van der Waals surface area contributed by atoms with Crippen molar-refractivity contribution < 1.29 is 13.9 Å². The normalized spacial score (nSPS) is 24.2. The van der Waals surface area contributed by atoms with E-state index in [4.69, 9.17) is 4.74 Å². The number of nitrogens with zero attached hydrogens (tertiary/aromatic N) is 3. The van der Waals surface area contributed by atoms with E-state index >= 15 is 0 Å². The fourth-order valence-corrected chi connectivity index (χ4v) is 4.69.